The molecule has 0 saturated carbocycles. The van der Waals surface area contributed by atoms with Crippen LogP contribution < -0.4 is 5.32 Å². The third kappa shape index (κ3) is 4.39. The maximum Gasteiger partial charge on any atom is 0.217 e. The third-order valence-electron chi connectivity index (χ3n) is 4.19. The molecule has 1 heterocycles. The zero-order valence-corrected chi connectivity index (χ0v) is 13.1. The number of amides is 1. The minimum atomic E-state index is 0.0275. The fraction of sp³-hybridized carbons (Fsp3) is 0.529. The monoisotopic (exact) mass is 288 g/mol. The molecule has 0 atom stereocenters. The highest BCUT2D eigenvalue weighted by molar-refractivity contribution is 5.97. The minimum absolute atomic E-state index is 0.0275. The number of likely N-dealkylation sites (tertiary alicyclic amines) is 1. The second-order valence-electron chi connectivity index (χ2n) is 5.97. The maximum atomic E-state index is 12.3. The Hall–Kier alpha value is -1.68. The van der Waals surface area contributed by atoms with Crippen molar-refractivity contribution in [2.75, 3.05) is 19.6 Å². The molecule has 0 unspecified atom stereocenters. The molecule has 0 radical (unpaired) electrons. The van der Waals surface area contributed by atoms with Crippen molar-refractivity contribution in [2.45, 2.75) is 39.7 Å². The van der Waals surface area contributed by atoms with Gasteiger partial charge in [-0.3, -0.25) is 14.5 Å². The van der Waals surface area contributed by atoms with Crippen LogP contribution >= 0.6 is 0 Å². The molecule has 1 aliphatic heterocycles. The topological polar surface area (TPSA) is 49.4 Å². The van der Waals surface area contributed by atoms with Crippen molar-refractivity contribution in [1.82, 2.24) is 10.2 Å². The van der Waals surface area contributed by atoms with E-state index in [1.54, 1.807) is 6.92 Å². The molecule has 1 aromatic carbocycles. The van der Waals surface area contributed by atoms with Gasteiger partial charge in [0.2, 0.25) is 5.91 Å². The van der Waals surface area contributed by atoms with Gasteiger partial charge < -0.3 is 5.32 Å². The lowest BCUT2D eigenvalue weighted by Crippen LogP contribution is -2.45. The molecule has 0 bridgehead atoms. The van der Waals surface area contributed by atoms with Crippen LogP contribution in [0, 0.1) is 13.8 Å². The van der Waals surface area contributed by atoms with Crippen molar-refractivity contribution in [3.8, 4) is 0 Å². The summed E-state index contributed by atoms with van der Waals surface area (Å²) in [6.07, 6.45) is 1.83. The molecule has 1 aliphatic rings. The molecule has 1 fully saturated rings. The van der Waals surface area contributed by atoms with E-state index in [0.29, 0.717) is 6.54 Å². The van der Waals surface area contributed by atoms with Crippen LogP contribution in [0.1, 0.15) is 41.3 Å². The standard InChI is InChI=1S/C17H24N2O2/c1-12-4-5-15(10-13(12)2)17(21)11-19-8-6-16(7-9-19)18-14(3)20/h4-5,10,16H,6-9,11H2,1-3H3,(H,18,20). The average Bonchev–Trinajstić information content (AvgIpc) is 2.43. The molecule has 1 saturated heterocycles. The molecular weight excluding hydrogens is 264 g/mol. The number of carbonyl (C=O) groups excluding carboxylic acids is 2. The molecule has 21 heavy (non-hydrogen) atoms. The Labute approximate surface area is 126 Å². The summed E-state index contributed by atoms with van der Waals surface area (Å²) < 4.78 is 0. The van der Waals surface area contributed by atoms with Crippen molar-refractivity contribution < 1.29 is 9.59 Å². The highest BCUT2D eigenvalue weighted by atomic mass is 16.1. The van der Waals surface area contributed by atoms with Crippen molar-refractivity contribution in [1.29, 1.82) is 0 Å². The van der Waals surface area contributed by atoms with Crippen LogP contribution in [0.15, 0.2) is 18.2 Å². The van der Waals surface area contributed by atoms with E-state index in [4.69, 9.17) is 0 Å². The largest absolute Gasteiger partial charge is 0.354 e. The van der Waals surface area contributed by atoms with Crippen LogP contribution in [0.2, 0.25) is 0 Å². The summed E-state index contributed by atoms with van der Waals surface area (Å²) in [6.45, 7) is 7.83. The molecule has 2 rings (SSSR count). The SMILES string of the molecule is CC(=O)NC1CCN(CC(=O)c2ccc(C)c(C)c2)CC1. The van der Waals surface area contributed by atoms with E-state index in [1.807, 2.05) is 25.1 Å². The Balaban J connectivity index is 1.86. The van der Waals surface area contributed by atoms with Crippen LogP contribution in [0.5, 0.6) is 0 Å². The number of nitrogens with one attached hydrogen (secondary N) is 1. The molecule has 1 aromatic rings. The van der Waals surface area contributed by atoms with Crippen molar-refractivity contribution in [3.63, 3.8) is 0 Å². The third-order valence-corrected chi connectivity index (χ3v) is 4.19. The van der Waals surface area contributed by atoms with E-state index < -0.39 is 0 Å². The highest BCUT2D eigenvalue weighted by Gasteiger charge is 2.21. The lowest BCUT2D eigenvalue weighted by atomic mass is 10.0. The summed E-state index contributed by atoms with van der Waals surface area (Å²) in [4.78, 5) is 25.5. The number of Topliss-reactive ketones (excluding diaryl/α,β-unsaturated/α-hetero) is 1. The van der Waals surface area contributed by atoms with Crippen molar-refractivity contribution >= 4 is 11.7 Å². The number of hydrogen-bond acceptors (Lipinski definition) is 3. The molecule has 114 valence electrons. The first-order valence-electron chi connectivity index (χ1n) is 7.55. The van der Waals surface area contributed by atoms with E-state index in [9.17, 15) is 9.59 Å². The predicted molar refractivity (Wildman–Crippen MR) is 83.5 cm³/mol. The average molecular weight is 288 g/mol. The van der Waals surface area contributed by atoms with Gasteiger partial charge in [0, 0.05) is 31.6 Å². The second-order valence-corrected chi connectivity index (χ2v) is 5.97. The van der Waals surface area contributed by atoms with E-state index in [1.165, 1.54) is 5.56 Å². The van der Waals surface area contributed by atoms with Gasteiger partial charge in [0.05, 0.1) is 6.54 Å². The van der Waals surface area contributed by atoms with E-state index >= 15 is 0 Å². The number of aryl methyl sites for hydroxylation is 2. The van der Waals surface area contributed by atoms with Gasteiger partial charge in [-0.25, -0.2) is 0 Å². The number of rotatable bonds is 4. The molecule has 1 N–H and O–H groups in total. The Morgan fingerprint density at radius 2 is 1.86 bits per heavy atom. The summed E-state index contributed by atoms with van der Waals surface area (Å²) in [5, 5.41) is 2.95. The minimum Gasteiger partial charge on any atom is -0.354 e. The van der Waals surface area contributed by atoms with E-state index in [0.717, 1.165) is 37.1 Å². The second kappa shape index (κ2) is 6.85. The first-order valence-corrected chi connectivity index (χ1v) is 7.55. The van der Waals surface area contributed by atoms with E-state index in [-0.39, 0.29) is 17.7 Å². The van der Waals surface area contributed by atoms with Gasteiger partial charge in [0.25, 0.3) is 0 Å². The fourth-order valence-corrected chi connectivity index (χ4v) is 2.73. The highest BCUT2D eigenvalue weighted by Crippen LogP contribution is 2.14. The van der Waals surface area contributed by atoms with Crippen LogP contribution in [-0.4, -0.2) is 42.3 Å². The summed E-state index contributed by atoms with van der Waals surface area (Å²) in [7, 11) is 0. The lowest BCUT2D eigenvalue weighted by molar-refractivity contribution is -0.119. The van der Waals surface area contributed by atoms with Crippen molar-refractivity contribution in [2.24, 2.45) is 0 Å². The number of piperidine rings is 1. The number of benzene rings is 1. The summed E-state index contributed by atoms with van der Waals surface area (Å²) in [6, 6.07) is 6.15. The molecule has 4 heteroatoms. The van der Waals surface area contributed by atoms with Crippen molar-refractivity contribution in [3.05, 3.63) is 34.9 Å². The summed E-state index contributed by atoms with van der Waals surface area (Å²) in [5.74, 6) is 0.204. The number of hydrogen-bond donors (Lipinski definition) is 1. The predicted octanol–water partition coefficient (Wildman–Crippen LogP) is 2.09. The zero-order chi connectivity index (χ0) is 15.4. The van der Waals surface area contributed by atoms with E-state index in [2.05, 4.69) is 17.1 Å². The van der Waals surface area contributed by atoms with Gasteiger partial charge >= 0.3 is 0 Å². The Morgan fingerprint density at radius 3 is 2.43 bits per heavy atom. The Kier molecular flexibility index (Phi) is 5.12. The Bertz CT molecular complexity index is 532. The quantitative estimate of drug-likeness (QED) is 0.863. The molecule has 1 amide bonds. The first kappa shape index (κ1) is 15.7. The maximum absolute atomic E-state index is 12.3. The molecular formula is C17H24N2O2. The Morgan fingerprint density at radius 1 is 1.19 bits per heavy atom. The van der Waals surface area contributed by atoms with Gasteiger partial charge in [0.1, 0.15) is 0 Å². The van der Waals surface area contributed by atoms with Crippen LogP contribution in [0.3, 0.4) is 0 Å². The van der Waals surface area contributed by atoms with Gasteiger partial charge in [-0.2, -0.15) is 0 Å². The van der Waals surface area contributed by atoms with Gasteiger partial charge in [-0.15, -0.1) is 0 Å². The van der Waals surface area contributed by atoms with Crippen LogP contribution in [0.25, 0.3) is 0 Å². The van der Waals surface area contributed by atoms with Crippen LogP contribution in [-0.2, 0) is 4.79 Å². The first-order chi connectivity index (χ1) is 9.95. The van der Waals surface area contributed by atoms with Gasteiger partial charge in [0.15, 0.2) is 5.78 Å². The molecule has 0 spiro atoms. The summed E-state index contributed by atoms with van der Waals surface area (Å²) in [5.41, 5.74) is 3.16. The fourth-order valence-electron chi connectivity index (χ4n) is 2.73. The molecule has 4 nitrogen and oxygen atoms in total. The molecule has 0 aliphatic carbocycles. The smallest absolute Gasteiger partial charge is 0.217 e. The molecule has 0 aromatic heterocycles. The lowest BCUT2D eigenvalue weighted by Gasteiger charge is -2.31. The van der Waals surface area contributed by atoms with Gasteiger partial charge in [-0.1, -0.05) is 12.1 Å². The van der Waals surface area contributed by atoms with Gasteiger partial charge in [-0.05, 0) is 43.9 Å². The number of carbonyl (C=O) groups is 2. The number of nitrogens with zero attached hydrogens (tertiary/aromatic N) is 1. The number of ketones is 1. The van der Waals surface area contributed by atoms with Crippen LogP contribution in [0.4, 0.5) is 0 Å². The zero-order valence-electron chi connectivity index (χ0n) is 13.1. The summed E-state index contributed by atoms with van der Waals surface area (Å²) >= 11 is 0. The normalized spacial score (nSPS) is 16.7.